The van der Waals surface area contributed by atoms with Gasteiger partial charge in [-0.25, -0.2) is 4.79 Å². The van der Waals surface area contributed by atoms with Gasteiger partial charge in [-0.3, -0.25) is 4.79 Å². The van der Waals surface area contributed by atoms with Crippen molar-refractivity contribution in [2.45, 2.75) is 13.0 Å². The van der Waals surface area contributed by atoms with Crippen LogP contribution in [0.5, 0.6) is 11.5 Å². The summed E-state index contributed by atoms with van der Waals surface area (Å²) in [6.45, 7) is 1.46. The number of hydrogen-bond donors (Lipinski definition) is 1. The van der Waals surface area contributed by atoms with E-state index < -0.39 is 18.0 Å². The quantitative estimate of drug-likeness (QED) is 0.801. The number of methoxy groups -OCH3 is 2. The number of hydrogen-bond acceptors (Lipinski definition) is 6. The number of carbonyl (C=O) groups is 2. The Bertz CT molecular complexity index is 835. The van der Waals surface area contributed by atoms with Crippen LogP contribution in [0.25, 0.3) is 0 Å². The van der Waals surface area contributed by atoms with Crippen molar-refractivity contribution < 1.29 is 23.8 Å². The normalized spacial score (nSPS) is 11.0. The van der Waals surface area contributed by atoms with E-state index in [9.17, 15) is 9.59 Å². The van der Waals surface area contributed by atoms with Crippen LogP contribution in [-0.4, -0.2) is 32.2 Å². The van der Waals surface area contributed by atoms with Crippen molar-refractivity contribution in [2.75, 3.05) is 19.5 Å². The van der Waals surface area contributed by atoms with Crippen molar-refractivity contribution in [3.05, 3.63) is 53.6 Å². The molecular weight excluding hydrogens is 336 g/mol. The van der Waals surface area contributed by atoms with Crippen LogP contribution in [0.15, 0.2) is 42.5 Å². The highest BCUT2D eigenvalue weighted by Gasteiger charge is 2.20. The van der Waals surface area contributed by atoms with Crippen LogP contribution in [0.3, 0.4) is 0 Å². The van der Waals surface area contributed by atoms with Crippen LogP contribution in [-0.2, 0) is 9.53 Å². The minimum atomic E-state index is -1.04. The number of anilines is 1. The fourth-order valence-corrected chi connectivity index (χ4v) is 2.12. The highest BCUT2D eigenvalue weighted by Crippen LogP contribution is 2.23. The Balaban J connectivity index is 2.06. The number of carbonyl (C=O) groups excluding carboxylic acids is 2. The molecule has 0 saturated carbocycles. The second-order valence-corrected chi connectivity index (χ2v) is 5.33. The Labute approximate surface area is 151 Å². The highest BCUT2D eigenvalue weighted by atomic mass is 16.5. The predicted molar refractivity (Wildman–Crippen MR) is 94.2 cm³/mol. The van der Waals surface area contributed by atoms with E-state index in [0.717, 1.165) is 0 Å². The van der Waals surface area contributed by atoms with E-state index in [4.69, 9.17) is 19.5 Å². The van der Waals surface area contributed by atoms with Crippen LogP contribution < -0.4 is 14.8 Å². The molecule has 0 aliphatic heterocycles. The van der Waals surface area contributed by atoms with Gasteiger partial charge in [0.1, 0.15) is 11.5 Å². The molecular formula is C19H18N2O5. The van der Waals surface area contributed by atoms with Gasteiger partial charge in [-0.2, -0.15) is 5.26 Å². The summed E-state index contributed by atoms with van der Waals surface area (Å²) in [6, 6.07) is 13.0. The Morgan fingerprint density at radius 1 is 1.08 bits per heavy atom. The number of amides is 1. The Hall–Kier alpha value is -3.53. The lowest BCUT2D eigenvalue weighted by atomic mass is 10.2. The minimum Gasteiger partial charge on any atom is -0.497 e. The molecule has 1 amide bonds. The summed E-state index contributed by atoms with van der Waals surface area (Å²) in [5.74, 6) is -0.331. The van der Waals surface area contributed by atoms with Gasteiger partial charge in [0.25, 0.3) is 5.91 Å². The molecule has 0 aliphatic rings. The predicted octanol–water partition coefficient (Wildman–Crippen LogP) is 2.76. The maximum Gasteiger partial charge on any atom is 0.339 e. The van der Waals surface area contributed by atoms with Gasteiger partial charge < -0.3 is 19.5 Å². The summed E-state index contributed by atoms with van der Waals surface area (Å²) in [7, 11) is 2.94. The van der Waals surface area contributed by atoms with Crippen molar-refractivity contribution >= 4 is 17.6 Å². The van der Waals surface area contributed by atoms with Crippen LogP contribution in [0.1, 0.15) is 22.8 Å². The Kier molecular flexibility index (Phi) is 6.17. The number of benzene rings is 2. The Morgan fingerprint density at radius 3 is 2.31 bits per heavy atom. The number of rotatable bonds is 6. The van der Waals surface area contributed by atoms with E-state index in [-0.39, 0.29) is 5.56 Å². The van der Waals surface area contributed by atoms with E-state index >= 15 is 0 Å². The lowest BCUT2D eigenvalue weighted by Crippen LogP contribution is -2.30. The summed E-state index contributed by atoms with van der Waals surface area (Å²) < 4.78 is 15.4. The van der Waals surface area contributed by atoms with Gasteiger partial charge in [0.2, 0.25) is 0 Å². The number of nitrogens with zero attached hydrogens (tertiary/aromatic N) is 1. The molecule has 0 aliphatic carbocycles. The van der Waals surface area contributed by atoms with E-state index in [1.165, 1.54) is 39.3 Å². The smallest absolute Gasteiger partial charge is 0.339 e. The van der Waals surface area contributed by atoms with E-state index in [1.54, 1.807) is 24.3 Å². The molecule has 1 N–H and O–H groups in total. The van der Waals surface area contributed by atoms with Crippen molar-refractivity contribution in [3.63, 3.8) is 0 Å². The van der Waals surface area contributed by atoms with Crippen LogP contribution in [0, 0.1) is 11.3 Å². The molecule has 26 heavy (non-hydrogen) atoms. The maximum atomic E-state index is 12.3. The van der Waals surface area contributed by atoms with Gasteiger partial charge >= 0.3 is 5.97 Å². The molecule has 134 valence electrons. The first-order valence-corrected chi connectivity index (χ1v) is 7.72. The third-order valence-corrected chi connectivity index (χ3v) is 3.50. The fourth-order valence-electron chi connectivity index (χ4n) is 2.12. The molecule has 2 rings (SSSR count). The van der Waals surface area contributed by atoms with E-state index in [2.05, 4.69) is 5.32 Å². The van der Waals surface area contributed by atoms with Gasteiger partial charge in [0.05, 0.1) is 31.4 Å². The second-order valence-electron chi connectivity index (χ2n) is 5.33. The molecule has 0 unspecified atom stereocenters. The van der Waals surface area contributed by atoms with E-state index in [0.29, 0.717) is 22.7 Å². The van der Waals surface area contributed by atoms with Gasteiger partial charge in [0.15, 0.2) is 6.10 Å². The molecule has 0 heterocycles. The van der Waals surface area contributed by atoms with Crippen molar-refractivity contribution in [1.82, 2.24) is 0 Å². The average Bonchev–Trinajstić information content (AvgIpc) is 2.67. The summed E-state index contributed by atoms with van der Waals surface area (Å²) in [5.41, 5.74) is 1.06. The summed E-state index contributed by atoms with van der Waals surface area (Å²) in [4.78, 5) is 24.5. The van der Waals surface area contributed by atoms with Crippen LogP contribution in [0.2, 0.25) is 0 Å². The first-order valence-electron chi connectivity index (χ1n) is 7.72. The highest BCUT2D eigenvalue weighted by molar-refractivity contribution is 5.97. The lowest BCUT2D eigenvalue weighted by Gasteiger charge is -2.14. The van der Waals surface area contributed by atoms with Crippen molar-refractivity contribution in [2.24, 2.45) is 0 Å². The fraction of sp³-hybridized carbons (Fsp3) is 0.211. The molecule has 0 fully saturated rings. The molecule has 0 radical (unpaired) electrons. The number of nitrogens with one attached hydrogen (secondary N) is 1. The lowest BCUT2D eigenvalue weighted by molar-refractivity contribution is -0.123. The third kappa shape index (κ3) is 4.74. The molecule has 0 saturated heterocycles. The summed E-state index contributed by atoms with van der Waals surface area (Å²) in [6.07, 6.45) is -1.04. The molecule has 7 nitrogen and oxygen atoms in total. The number of nitriles is 1. The maximum absolute atomic E-state index is 12.3. The monoisotopic (exact) mass is 354 g/mol. The molecule has 7 heteroatoms. The Morgan fingerprint density at radius 2 is 1.73 bits per heavy atom. The molecule has 2 aromatic carbocycles. The van der Waals surface area contributed by atoms with Gasteiger partial charge in [-0.15, -0.1) is 0 Å². The zero-order chi connectivity index (χ0) is 19.1. The number of ether oxygens (including phenoxy) is 3. The van der Waals surface area contributed by atoms with Crippen LogP contribution in [0.4, 0.5) is 5.69 Å². The second kappa shape index (κ2) is 8.53. The van der Waals surface area contributed by atoms with Gasteiger partial charge in [-0.05, 0) is 37.3 Å². The number of esters is 1. The zero-order valence-electron chi connectivity index (χ0n) is 14.6. The van der Waals surface area contributed by atoms with Crippen molar-refractivity contribution in [1.29, 1.82) is 5.26 Å². The molecule has 2 aromatic rings. The average molecular weight is 354 g/mol. The third-order valence-electron chi connectivity index (χ3n) is 3.50. The van der Waals surface area contributed by atoms with E-state index in [1.807, 2.05) is 6.07 Å². The molecule has 0 aromatic heterocycles. The molecule has 0 spiro atoms. The zero-order valence-corrected chi connectivity index (χ0v) is 14.6. The summed E-state index contributed by atoms with van der Waals surface area (Å²) >= 11 is 0. The SMILES string of the molecule is COc1cc(OC)cc(C(=O)O[C@@H](C)C(=O)Nc2cccc(C#N)c2)c1. The first-order chi connectivity index (χ1) is 12.5. The van der Waals surface area contributed by atoms with Gasteiger partial charge in [0, 0.05) is 11.8 Å². The standard InChI is InChI=1S/C19H18N2O5/c1-12(18(22)21-15-6-4-5-13(7-15)11-20)26-19(23)14-8-16(24-2)10-17(9-14)25-3/h4-10,12H,1-3H3,(H,21,22)/t12-/m0/s1. The van der Waals surface area contributed by atoms with Crippen molar-refractivity contribution in [3.8, 4) is 17.6 Å². The first kappa shape index (κ1) is 18.8. The minimum absolute atomic E-state index is 0.201. The van der Waals surface area contributed by atoms with Gasteiger partial charge in [-0.1, -0.05) is 6.07 Å². The van der Waals surface area contributed by atoms with Crippen LogP contribution >= 0.6 is 0 Å². The molecule has 1 atom stereocenters. The topological polar surface area (TPSA) is 97.7 Å². The largest absolute Gasteiger partial charge is 0.497 e. The summed E-state index contributed by atoms with van der Waals surface area (Å²) in [5, 5.41) is 11.5. The molecule has 0 bridgehead atoms.